The van der Waals surface area contributed by atoms with Gasteiger partial charge in [0, 0.05) is 37.0 Å². The van der Waals surface area contributed by atoms with Crippen molar-refractivity contribution in [1.29, 1.82) is 0 Å². The molecular formula is C30H48F3N5O2. The molecule has 1 amide bonds. The van der Waals surface area contributed by atoms with Gasteiger partial charge in [-0.1, -0.05) is 13.3 Å². The van der Waals surface area contributed by atoms with Crippen LogP contribution >= 0.6 is 0 Å². The Bertz CT molecular complexity index is 971. The lowest BCUT2D eigenvalue weighted by molar-refractivity contribution is -0.204. The number of fused-ring (bicyclic) bond motifs is 1. The van der Waals surface area contributed by atoms with Crippen LogP contribution in [0, 0.1) is 46.3 Å². The number of alkyl halides is 3. The number of carbonyl (C=O) groups excluding carboxylic acids is 1. The smallest absolute Gasteiger partial charge is 0.380 e. The van der Waals surface area contributed by atoms with E-state index in [0.29, 0.717) is 30.2 Å². The van der Waals surface area contributed by atoms with Crippen LogP contribution in [0.2, 0.25) is 0 Å². The van der Waals surface area contributed by atoms with Crippen LogP contribution in [0.1, 0.15) is 64.7 Å². The fourth-order valence-electron chi connectivity index (χ4n) is 9.98. The standard InChI is InChI=1S/C30H48F3N5O2/c1-19(26-35-34-18-36(26)2)29(16-40-17-29)21-4-3-5-22(12-21)38-14-24-23(27(38)39)10-20(11-25(24)30(31,32)33)13-37-9-8-28(15-37)6-7-28/h19-26,34-35H,3-18H2,1-2H3/t19-,20?,21?,22?,23?,24?,25?,26?/m1/s1. The summed E-state index contributed by atoms with van der Waals surface area (Å²) in [5.74, 6) is -1.65. The first-order valence-electron chi connectivity index (χ1n) is 15.9. The summed E-state index contributed by atoms with van der Waals surface area (Å²) < 4.78 is 49.2. The third-order valence-electron chi connectivity index (χ3n) is 12.7. The monoisotopic (exact) mass is 567 g/mol. The van der Waals surface area contributed by atoms with Crippen LogP contribution in [0.3, 0.4) is 0 Å². The lowest BCUT2D eigenvalue weighted by Crippen LogP contribution is -2.61. The van der Waals surface area contributed by atoms with Gasteiger partial charge in [0.05, 0.1) is 32.0 Å². The van der Waals surface area contributed by atoms with Crippen LogP contribution in [0.15, 0.2) is 0 Å². The summed E-state index contributed by atoms with van der Waals surface area (Å²) in [7, 11) is 2.12. The molecule has 1 spiro atoms. The maximum Gasteiger partial charge on any atom is 0.392 e. The van der Waals surface area contributed by atoms with Crippen LogP contribution in [-0.2, 0) is 9.53 Å². The number of halogens is 3. The number of amides is 1. The van der Waals surface area contributed by atoms with Gasteiger partial charge in [-0.3, -0.25) is 9.69 Å². The summed E-state index contributed by atoms with van der Waals surface area (Å²) in [4.78, 5) is 20.6. The van der Waals surface area contributed by atoms with E-state index in [2.05, 4.69) is 34.6 Å². The molecule has 7 aliphatic rings. The second kappa shape index (κ2) is 10.1. The molecular weight excluding hydrogens is 519 g/mol. The number of hydrogen-bond acceptors (Lipinski definition) is 6. The first-order valence-corrected chi connectivity index (χ1v) is 15.9. The van der Waals surface area contributed by atoms with E-state index in [0.717, 1.165) is 65.2 Å². The molecule has 40 heavy (non-hydrogen) atoms. The predicted molar refractivity (Wildman–Crippen MR) is 145 cm³/mol. The Morgan fingerprint density at radius 1 is 1.12 bits per heavy atom. The van der Waals surface area contributed by atoms with Gasteiger partial charge in [-0.15, -0.1) is 0 Å². The molecule has 0 radical (unpaired) electrons. The molecule has 3 saturated carbocycles. The van der Waals surface area contributed by atoms with Gasteiger partial charge < -0.3 is 14.5 Å². The minimum absolute atomic E-state index is 0.0167. The fraction of sp³-hybridized carbons (Fsp3) is 0.967. The zero-order chi connectivity index (χ0) is 27.9. The van der Waals surface area contributed by atoms with Crippen molar-refractivity contribution in [3.8, 4) is 0 Å². The van der Waals surface area contributed by atoms with Crippen molar-refractivity contribution in [3.63, 3.8) is 0 Å². The summed E-state index contributed by atoms with van der Waals surface area (Å²) in [6, 6.07) is 0.0505. The highest BCUT2D eigenvalue weighted by molar-refractivity contribution is 5.82. The Hall–Kier alpha value is -0.940. The number of hydrazine groups is 1. The summed E-state index contributed by atoms with van der Waals surface area (Å²) in [5, 5.41) is 0. The Morgan fingerprint density at radius 3 is 2.55 bits per heavy atom. The molecule has 7 nitrogen and oxygen atoms in total. The van der Waals surface area contributed by atoms with Crippen LogP contribution in [0.5, 0.6) is 0 Å². The highest BCUT2D eigenvalue weighted by atomic mass is 19.4. The van der Waals surface area contributed by atoms with Crippen molar-refractivity contribution < 1.29 is 22.7 Å². The Kier molecular flexibility index (Phi) is 7.01. The van der Waals surface area contributed by atoms with Crippen LogP contribution < -0.4 is 10.9 Å². The van der Waals surface area contributed by atoms with Crippen molar-refractivity contribution in [2.45, 2.75) is 83.1 Å². The molecule has 0 aromatic carbocycles. The van der Waals surface area contributed by atoms with E-state index in [1.807, 2.05) is 4.90 Å². The SMILES string of the molecule is C[C@H](C1NNCN1C)C1(C2CCCC(N3CC4C(CC(CN5CCC6(CC6)C5)CC4C(F)(F)F)C3=O)C2)COC1. The summed E-state index contributed by atoms with van der Waals surface area (Å²) >= 11 is 0. The van der Waals surface area contributed by atoms with Crippen molar-refractivity contribution in [2.75, 3.05) is 53.1 Å². The molecule has 7 unspecified atom stereocenters. The van der Waals surface area contributed by atoms with E-state index in [1.165, 1.54) is 19.3 Å². The van der Waals surface area contributed by atoms with Crippen LogP contribution in [-0.4, -0.2) is 92.1 Å². The molecule has 0 aromatic heterocycles. The maximum atomic E-state index is 14.5. The molecule has 4 saturated heterocycles. The molecule has 7 rings (SSSR count). The minimum atomic E-state index is -4.24. The quantitative estimate of drug-likeness (QED) is 0.511. The van der Waals surface area contributed by atoms with Crippen LogP contribution in [0.4, 0.5) is 13.2 Å². The van der Waals surface area contributed by atoms with Gasteiger partial charge in [0.1, 0.15) is 0 Å². The zero-order valence-electron chi connectivity index (χ0n) is 24.2. The molecule has 2 N–H and O–H groups in total. The average Bonchev–Trinajstić information content (AvgIpc) is 3.16. The molecule has 4 aliphatic heterocycles. The van der Waals surface area contributed by atoms with E-state index in [1.54, 1.807) is 0 Å². The van der Waals surface area contributed by atoms with Crippen molar-refractivity contribution >= 4 is 5.91 Å². The highest BCUT2D eigenvalue weighted by Gasteiger charge is 2.59. The Morgan fingerprint density at radius 2 is 1.93 bits per heavy atom. The number of ether oxygens (including phenoxy) is 1. The maximum absolute atomic E-state index is 14.5. The number of nitrogens with zero attached hydrogens (tertiary/aromatic N) is 3. The number of rotatable bonds is 6. The van der Waals surface area contributed by atoms with Gasteiger partial charge in [0.2, 0.25) is 5.91 Å². The van der Waals surface area contributed by atoms with Gasteiger partial charge in [-0.2, -0.15) is 13.2 Å². The highest BCUT2D eigenvalue weighted by Crippen LogP contribution is 2.55. The molecule has 3 aliphatic carbocycles. The fourth-order valence-corrected chi connectivity index (χ4v) is 9.98. The van der Waals surface area contributed by atoms with Crippen molar-refractivity contribution in [1.82, 2.24) is 25.6 Å². The third-order valence-corrected chi connectivity index (χ3v) is 12.7. The Labute approximate surface area is 236 Å². The van der Waals surface area contributed by atoms with Crippen molar-refractivity contribution in [2.24, 2.45) is 46.3 Å². The lowest BCUT2D eigenvalue weighted by atomic mass is 9.59. The predicted octanol–water partition coefficient (Wildman–Crippen LogP) is 3.67. The van der Waals surface area contributed by atoms with Gasteiger partial charge in [0.25, 0.3) is 0 Å². The summed E-state index contributed by atoms with van der Waals surface area (Å²) in [6.45, 7) is 7.64. The lowest BCUT2D eigenvalue weighted by Gasteiger charge is -2.55. The molecule has 226 valence electrons. The van der Waals surface area contributed by atoms with Gasteiger partial charge in [-0.05, 0) is 94.0 Å². The third kappa shape index (κ3) is 4.72. The topological polar surface area (TPSA) is 60.1 Å². The minimum Gasteiger partial charge on any atom is -0.380 e. The zero-order valence-corrected chi connectivity index (χ0v) is 24.2. The second-order valence-corrected chi connectivity index (χ2v) is 14.9. The number of hydrogen-bond donors (Lipinski definition) is 2. The largest absolute Gasteiger partial charge is 0.392 e. The normalized spacial score (nSPS) is 42.3. The average molecular weight is 568 g/mol. The molecule has 10 heteroatoms. The number of likely N-dealkylation sites (tertiary alicyclic amines) is 2. The van der Waals surface area contributed by atoms with Crippen molar-refractivity contribution in [3.05, 3.63) is 0 Å². The molecule has 8 atom stereocenters. The summed E-state index contributed by atoms with van der Waals surface area (Å²) in [5.41, 5.74) is 7.19. The first-order chi connectivity index (χ1) is 19.1. The van der Waals surface area contributed by atoms with Gasteiger partial charge >= 0.3 is 6.18 Å². The molecule has 4 heterocycles. The Balaban J connectivity index is 1.05. The van der Waals surface area contributed by atoms with E-state index in [9.17, 15) is 18.0 Å². The summed E-state index contributed by atoms with van der Waals surface area (Å²) in [6.07, 6.45) is 4.47. The van der Waals surface area contributed by atoms with Crippen LogP contribution in [0.25, 0.3) is 0 Å². The van der Waals surface area contributed by atoms with Gasteiger partial charge in [-0.25, -0.2) is 10.9 Å². The molecule has 0 bridgehead atoms. The molecule has 7 fully saturated rings. The second-order valence-electron chi connectivity index (χ2n) is 14.9. The van der Waals surface area contributed by atoms with E-state index < -0.39 is 23.9 Å². The number of carbonyl (C=O) groups is 1. The van der Waals surface area contributed by atoms with E-state index >= 15 is 0 Å². The first kappa shape index (κ1) is 27.9. The van der Waals surface area contributed by atoms with E-state index in [4.69, 9.17) is 4.74 Å². The van der Waals surface area contributed by atoms with E-state index in [-0.39, 0.29) is 35.9 Å². The molecule has 0 aromatic rings. The van der Waals surface area contributed by atoms with Gasteiger partial charge in [0.15, 0.2) is 0 Å². The number of nitrogens with one attached hydrogen (secondary N) is 2.